The average molecular weight is 317 g/mol. The second-order valence-corrected chi connectivity index (χ2v) is 8.69. The smallest absolute Gasteiger partial charge is 0.323 e. The van der Waals surface area contributed by atoms with Crippen molar-refractivity contribution in [2.45, 2.75) is 45.6 Å². The first-order valence-electron chi connectivity index (χ1n) is 7.43. The van der Waals surface area contributed by atoms with E-state index in [2.05, 4.69) is 0 Å². The molecule has 7 heteroatoms. The van der Waals surface area contributed by atoms with Crippen LogP contribution in [0, 0.1) is 11.3 Å². The molecule has 6 nitrogen and oxygen atoms in total. The molecule has 0 bridgehead atoms. The molecule has 0 aromatic carbocycles. The summed E-state index contributed by atoms with van der Waals surface area (Å²) in [5.41, 5.74) is -0.188. The predicted octanol–water partition coefficient (Wildman–Crippen LogP) is 0.913. The van der Waals surface area contributed by atoms with Gasteiger partial charge < -0.3 is 10.0 Å². The van der Waals surface area contributed by atoms with Crippen molar-refractivity contribution in [3.63, 3.8) is 0 Å². The molecule has 0 radical (unpaired) electrons. The highest BCUT2D eigenvalue weighted by Gasteiger charge is 2.60. The molecule has 1 spiro atoms. The van der Waals surface area contributed by atoms with E-state index in [0.29, 0.717) is 25.7 Å². The minimum absolute atomic E-state index is 0.112. The molecule has 1 saturated heterocycles. The van der Waals surface area contributed by atoms with Crippen molar-refractivity contribution in [2.75, 3.05) is 18.1 Å². The van der Waals surface area contributed by atoms with Gasteiger partial charge in [-0.05, 0) is 38.0 Å². The number of sulfone groups is 1. The van der Waals surface area contributed by atoms with Gasteiger partial charge in [-0.25, -0.2) is 8.42 Å². The standard InChI is InChI=1S/C14H23NO5S/c1-3-10(2)15(9-12(16)17)13(18)11-8-14(11)4-6-21(19,20)7-5-14/h10-11H,3-9H2,1-2H3,(H,16,17). The first-order chi connectivity index (χ1) is 9.71. The zero-order chi connectivity index (χ0) is 15.8. The number of carbonyl (C=O) groups is 2. The highest BCUT2D eigenvalue weighted by Crippen LogP contribution is 2.60. The van der Waals surface area contributed by atoms with E-state index in [9.17, 15) is 18.0 Å². The quantitative estimate of drug-likeness (QED) is 0.814. The summed E-state index contributed by atoms with van der Waals surface area (Å²) in [5.74, 6) is -1.02. The van der Waals surface area contributed by atoms with E-state index >= 15 is 0 Å². The molecule has 21 heavy (non-hydrogen) atoms. The van der Waals surface area contributed by atoms with Crippen LogP contribution in [0.1, 0.15) is 39.5 Å². The molecule has 0 aromatic rings. The van der Waals surface area contributed by atoms with Crippen LogP contribution in [0.3, 0.4) is 0 Å². The topological polar surface area (TPSA) is 91.8 Å². The summed E-state index contributed by atoms with van der Waals surface area (Å²) in [5, 5.41) is 8.98. The molecular formula is C14H23NO5S. The van der Waals surface area contributed by atoms with Crippen molar-refractivity contribution < 1.29 is 23.1 Å². The van der Waals surface area contributed by atoms with Crippen LogP contribution >= 0.6 is 0 Å². The molecule has 2 aliphatic rings. The number of nitrogens with zero attached hydrogens (tertiary/aromatic N) is 1. The highest BCUT2D eigenvalue weighted by atomic mass is 32.2. The van der Waals surface area contributed by atoms with Gasteiger partial charge in [0.2, 0.25) is 5.91 Å². The van der Waals surface area contributed by atoms with Gasteiger partial charge >= 0.3 is 5.97 Å². The Morgan fingerprint density at radius 1 is 1.33 bits per heavy atom. The van der Waals surface area contributed by atoms with Gasteiger partial charge in [0.25, 0.3) is 0 Å². The number of carbonyl (C=O) groups excluding carboxylic acids is 1. The highest BCUT2D eigenvalue weighted by molar-refractivity contribution is 7.91. The molecule has 2 rings (SSSR count). The number of hydrogen-bond acceptors (Lipinski definition) is 4. The fourth-order valence-electron chi connectivity index (χ4n) is 3.21. The molecule has 1 aliphatic heterocycles. The zero-order valence-corrected chi connectivity index (χ0v) is 13.4. The molecule has 0 aromatic heterocycles. The van der Waals surface area contributed by atoms with Crippen LogP contribution in [0.5, 0.6) is 0 Å². The van der Waals surface area contributed by atoms with Crippen molar-refractivity contribution in [3.8, 4) is 0 Å². The summed E-state index contributed by atoms with van der Waals surface area (Å²) in [6.07, 6.45) is 2.47. The minimum Gasteiger partial charge on any atom is -0.480 e. The lowest BCUT2D eigenvalue weighted by Crippen LogP contribution is -2.43. The Kier molecular flexibility index (Phi) is 4.33. The van der Waals surface area contributed by atoms with Crippen molar-refractivity contribution in [2.24, 2.45) is 11.3 Å². The van der Waals surface area contributed by atoms with Crippen LogP contribution in [0.2, 0.25) is 0 Å². The maximum Gasteiger partial charge on any atom is 0.323 e. The van der Waals surface area contributed by atoms with Crippen LogP contribution in [0.4, 0.5) is 0 Å². The van der Waals surface area contributed by atoms with Crippen LogP contribution in [0.15, 0.2) is 0 Å². The van der Waals surface area contributed by atoms with E-state index in [0.717, 1.165) is 0 Å². The molecule has 1 heterocycles. The van der Waals surface area contributed by atoms with Gasteiger partial charge in [-0.1, -0.05) is 6.92 Å². The zero-order valence-electron chi connectivity index (χ0n) is 12.5. The third-order valence-corrected chi connectivity index (χ3v) is 6.67. The molecular weight excluding hydrogens is 294 g/mol. The summed E-state index contributed by atoms with van der Waals surface area (Å²) in [4.78, 5) is 25.0. The maximum absolute atomic E-state index is 12.6. The lowest BCUT2D eigenvalue weighted by molar-refractivity contribution is -0.147. The lowest BCUT2D eigenvalue weighted by Gasteiger charge is -2.29. The Labute approximate surface area is 125 Å². The van der Waals surface area contributed by atoms with Crippen LogP contribution < -0.4 is 0 Å². The van der Waals surface area contributed by atoms with E-state index in [1.807, 2.05) is 13.8 Å². The third-order valence-electron chi connectivity index (χ3n) is 5.02. The Balaban J connectivity index is 2.05. The average Bonchev–Trinajstić information content (AvgIpc) is 3.13. The summed E-state index contributed by atoms with van der Waals surface area (Å²) >= 11 is 0. The van der Waals surface area contributed by atoms with E-state index in [4.69, 9.17) is 5.11 Å². The summed E-state index contributed by atoms with van der Waals surface area (Å²) in [6.45, 7) is 3.49. The third kappa shape index (κ3) is 3.39. The Morgan fingerprint density at radius 2 is 1.90 bits per heavy atom. The van der Waals surface area contributed by atoms with Crippen molar-refractivity contribution in [3.05, 3.63) is 0 Å². The SMILES string of the molecule is CCC(C)N(CC(=O)O)C(=O)C1CC12CCS(=O)(=O)CC2. The minimum atomic E-state index is -2.94. The molecule has 2 atom stereocenters. The summed E-state index contributed by atoms with van der Waals surface area (Å²) < 4.78 is 23.0. The molecule has 1 amide bonds. The lowest BCUT2D eigenvalue weighted by atomic mass is 9.95. The molecule has 120 valence electrons. The van der Waals surface area contributed by atoms with Gasteiger partial charge in [-0.2, -0.15) is 0 Å². The van der Waals surface area contributed by atoms with Crippen molar-refractivity contribution >= 4 is 21.7 Å². The summed E-state index contributed by atoms with van der Waals surface area (Å²) in [7, 11) is -2.94. The van der Waals surface area contributed by atoms with Crippen molar-refractivity contribution in [1.82, 2.24) is 4.90 Å². The number of hydrogen-bond donors (Lipinski definition) is 1. The predicted molar refractivity (Wildman–Crippen MR) is 77.5 cm³/mol. The Hall–Kier alpha value is -1.11. The Bertz CT molecular complexity index is 528. The monoisotopic (exact) mass is 317 g/mol. The van der Waals surface area contributed by atoms with Crippen molar-refractivity contribution in [1.29, 1.82) is 0 Å². The Morgan fingerprint density at radius 3 is 2.38 bits per heavy atom. The number of carboxylic acids is 1. The first-order valence-corrected chi connectivity index (χ1v) is 9.25. The van der Waals surface area contributed by atoms with Gasteiger partial charge in [-0.3, -0.25) is 9.59 Å². The first kappa shape index (κ1) is 16.3. The maximum atomic E-state index is 12.6. The van der Waals surface area contributed by atoms with E-state index < -0.39 is 15.8 Å². The normalized spacial score (nSPS) is 27.0. The van der Waals surface area contributed by atoms with Crippen LogP contribution in [0.25, 0.3) is 0 Å². The number of amides is 1. The van der Waals surface area contributed by atoms with E-state index in [1.165, 1.54) is 4.90 Å². The number of aliphatic carboxylic acids is 1. The van der Waals surface area contributed by atoms with Gasteiger partial charge in [-0.15, -0.1) is 0 Å². The van der Waals surface area contributed by atoms with Crippen LogP contribution in [-0.2, 0) is 19.4 Å². The molecule has 2 fully saturated rings. The second-order valence-electron chi connectivity index (χ2n) is 6.39. The molecule has 1 saturated carbocycles. The van der Waals surface area contributed by atoms with E-state index in [-0.39, 0.29) is 41.3 Å². The number of rotatable bonds is 5. The van der Waals surface area contributed by atoms with Gasteiger partial charge in [0.1, 0.15) is 16.4 Å². The van der Waals surface area contributed by atoms with Gasteiger partial charge in [0.15, 0.2) is 0 Å². The molecule has 1 N–H and O–H groups in total. The fourth-order valence-corrected chi connectivity index (χ4v) is 4.85. The van der Waals surface area contributed by atoms with Gasteiger partial charge in [0.05, 0.1) is 11.5 Å². The number of carboxylic acid groups (broad SMARTS) is 1. The fraction of sp³-hybridized carbons (Fsp3) is 0.857. The van der Waals surface area contributed by atoms with E-state index in [1.54, 1.807) is 0 Å². The van der Waals surface area contributed by atoms with Gasteiger partial charge in [0, 0.05) is 12.0 Å². The molecule has 2 unspecified atom stereocenters. The molecule has 1 aliphatic carbocycles. The largest absolute Gasteiger partial charge is 0.480 e. The second kappa shape index (κ2) is 5.59. The summed E-state index contributed by atoms with van der Waals surface area (Å²) in [6, 6.07) is -0.112. The van der Waals surface area contributed by atoms with Crippen LogP contribution in [-0.4, -0.2) is 54.4 Å².